The Morgan fingerprint density at radius 1 is 1.47 bits per heavy atom. The maximum atomic E-state index is 11.2. The lowest BCUT2D eigenvalue weighted by molar-refractivity contribution is 0.471. The fourth-order valence-corrected chi connectivity index (χ4v) is 3.82. The molecule has 2 rings (SSSR count). The van der Waals surface area contributed by atoms with Crippen molar-refractivity contribution in [3.05, 3.63) is 24.0 Å². The Kier molecular flexibility index (Phi) is 3.63. The second kappa shape index (κ2) is 5.01. The standard InChI is InChI=1S/C11H16N2O3S/c14-11-2-1-10(13-7-11)6-12-5-9-3-4-17(15,16)8-9/h1-2,7,9,12,14H,3-6,8H2. The van der Waals surface area contributed by atoms with Crippen molar-refractivity contribution < 1.29 is 13.5 Å². The Bertz CT molecular complexity index is 470. The monoisotopic (exact) mass is 256 g/mol. The zero-order valence-corrected chi connectivity index (χ0v) is 10.3. The van der Waals surface area contributed by atoms with E-state index in [1.54, 1.807) is 12.1 Å². The predicted octanol–water partition coefficient (Wildman–Crippen LogP) is 0.311. The molecule has 2 N–H and O–H groups in total. The first kappa shape index (κ1) is 12.3. The first-order valence-corrected chi connectivity index (χ1v) is 7.42. The van der Waals surface area contributed by atoms with Gasteiger partial charge in [0.1, 0.15) is 5.75 Å². The summed E-state index contributed by atoms with van der Waals surface area (Å²) in [6.45, 7) is 1.29. The molecule has 2 heterocycles. The van der Waals surface area contributed by atoms with E-state index >= 15 is 0 Å². The van der Waals surface area contributed by atoms with Gasteiger partial charge in [0.25, 0.3) is 0 Å². The van der Waals surface area contributed by atoms with Gasteiger partial charge in [-0.25, -0.2) is 8.42 Å². The molecule has 1 unspecified atom stereocenters. The van der Waals surface area contributed by atoms with E-state index in [-0.39, 0.29) is 11.7 Å². The molecule has 5 nitrogen and oxygen atoms in total. The summed E-state index contributed by atoms with van der Waals surface area (Å²) < 4.78 is 22.5. The normalized spacial score (nSPS) is 22.7. The highest BCUT2D eigenvalue weighted by Crippen LogP contribution is 2.17. The van der Waals surface area contributed by atoms with Crippen LogP contribution in [-0.4, -0.2) is 36.6 Å². The number of sulfone groups is 1. The molecule has 94 valence electrons. The lowest BCUT2D eigenvalue weighted by Gasteiger charge is -2.08. The number of nitrogens with one attached hydrogen (secondary N) is 1. The van der Waals surface area contributed by atoms with Gasteiger partial charge in [0.15, 0.2) is 9.84 Å². The topological polar surface area (TPSA) is 79.3 Å². The largest absolute Gasteiger partial charge is 0.506 e. The lowest BCUT2D eigenvalue weighted by atomic mass is 10.1. The number of hydrogen-bond acceptors (Lipinski definition) is 5. The summed E-state index contributed by atoms with van der Waals surface area (Å²) in [6.07, 6.45) is 2.15. The number of aromatic nitrogens is 1. The molecule has 1 aromatic heterocycles. The Hall–Kier alpha value is -1.14. The molecule has 1 atom stereocenters. The lowest BCUT2D eigenvalue weighted by Crippen LogP contribution is -2.23. The van der Waals surface area contributed by atoms with Crippen molar-refractivity contribution in [2.24, 2.45) is 5.92 Å². The van der Waals surface area contributed by atoms with Crippen molar-refractivity contribution in [2.45, 2.75) is 13.0 Å². The van der Waals surface area contributed by atoms with Crippen LogP contribution in [-0.2, 0) is 16.4 Å². The van der Waals surface area contributed by atoms with Crippen molar-refractivity contribution in [3.63, 3.8) is 0 Å². The fourth-order valence-electron chi connectivity index (χ4n) is 1.96. The highest BCUT2D eigenvalue weighted by molar-refractivity contribution is 7.91. The third kappa shape index (κ3) is 3.67. The summed E-state index contributed by atoms with van der Waals surface area (Å²) in [5.74, 6) is 0.979. The Morgan fingerprint density at radius 2 is 2.29 bits per heavy atom. The fraction of sp³-hybridized carbons (Fsp3) is 0.545. The zero-order chi connectivity index (χ0) is 12.3. The first-order chi connectivity index (χ1) is 8.05. The minimum Gasteiger partial charge on any atom is -0.506 e. The van der Waals surface area contributed by atoms with Crippen LogP contribution in [0.1, 0.15) is 12.1 Å². The van der Waals surface area contributed by atoms with E-state index in [0.717, 1.165) is 12.1 Å². The molecule has 0 bridgehead atoms. The van der Waals surface area contributed by atoms with Crippen molar-refractivity contribution in [3.8, 4) is 5.75 Å². The summed E-state index contributed by atoms with van der Waals surface area (Å²) in [5.41, 5.74) is 0.837. The van der Waals surface area contributed by atoms with Gasteiger partial charge < -0.3 is 10.4 Å². The van der Waals surface area contributed by atoms with Gasteiger partial charge in [0.05, 0.1) is 23.4 Å². The molecule has 1 fully saturated rings. The minimum absolute atomic E-state index is 0.149. The second-order valence-electron chi connectivity index (χ2n) is 4.41. The molecular weight excluding hydrogens is 240 g/mol. The molecule has 0 aromatic carbocycles. The summed E-state index contributed by atoms with van der Waals surface area (Å²) in [5, 5.41) is 12.3. The number of nitrogens with zero attached hydrogens (tertiary/aromatic N) is 1. The second-order valence-corrected chi connectivity index (χ2v) is 6.64. The van der Waals surface area contributed by atoms with Crippen LogP contribution in [0.2, 0.25) is 0 Å². The van der Waals surface area contributed by atoms with E-state index in [2.05, 4.69) is 10.3 Å². The maximum absolute atomic E-state index is 11.2. The van der Waals surface area contributed by atoms with Gasteiger partial charge in [-0.05, 0) is 31.0 Å². The molecule has 0 spiro atoms. The number of rotatable bonds is 4. The number of pyridine rings is 1. The Balaban J connectivity index is 1.75. The van der Waals surface area contributed by atoms with Crippen LogP contribution in [0, 0.1) is 5.92 Å². The van der Waals surface area contributed by atoms with Crippen LogP contribution < -0.4 is 5.32 Å². The van der Waals surface area contributed by atoms with Crippen molar-refractivity contribution in [1.29, 1.82) is 0 Å². The molecule has 0 radical (unpaired) electrons. The van der Waals surface area contributed by atoms with Crippen LogP contribution in [0.3, 0.4) is 0 Å². The van der Waals surface area contributed by atoms with Crippen molar-refractivity contribution >= 4 is 9.84 Å². The van der Waals surface area contributed by atoms with Gasteiger partial charge in [0.2, 0.25) is 0 Å². The van der Waals surface area contributed by atoms with Gasteiger partial charge in [-0.2, -0.15) is 0 Å². The third-order valence-corrected chi connectivity index (χ3v) is 4.71. The maximum Gasteiger partial charge on any atom is 0.150 e. The molecular formula is C11H16N2O3S. The summed E-state index contributed by atoms with van der Waals surface area (Å²) >= 11 is 0. The highest BCUT2D eigenvalue weighted by atomic mass is 32.2. The molecule has 0 aliphatic carbocycles. The van der Waals surface area contributed by atoms with Crippen LogP contribution in [0.25, 0.3) is 0 Å². The third-order valence-electron chi connectivity index (χ3n) is 2.87. The van der Waals surface area contributed by atoms with Crippen LogP contribution in [0.15, 0.2) is 18.3 Å². The van der Waals surface area contributed by atoms with Crippen LogP contribution >= 0.6 is 0 Å². The van der Waals surface area contributed by atoms with E-state index < -0.39 is 9.84 Å². The summed E-state index contributed by atoms with van der Waals surface area (Å²) in [7, 11) is -2.78. The number of aromatic hydroxyl groups is 1. The molecule has 0 amide bonds. The minimum atomic E-state index is -2.78. The SMILES string of the molecule is O=S1(=O)CCC(CNCc2ccc(O)cn2)C1. The van der Waals surface area contributed by atoms with Gasteiger partial charge in [-0.3, -0.25) is 4.98 Å². The van der Waals surface area contributed by atoms with E-state index in [4.69, 9.17) is 5.11 Å². The van der Waals surface area contributed by atoms with E-state index in [9.17, 15) is 8.42 Å². The zero-order valence-electron chi connectivity index (χ0n) is 9.46. The predicted molar refractivity (Wildman–Crippen MR) is 64.4 cm³/mol. The van der Waals surface area contributed by atoms with Crippen LogP contribution in [0.4, 0.5) is 0 Å². The average Bonchev–Trinajstić information content (AvgIpc) is 2.61. The Morgan fingerprint density at radius 3 is 2.88 bits per heavy atom. The van der Waals surface area contributed by atoms with Crippen molar-refractivity contribution in [1.82, 2.24) is 10.3 Å². The quantitative estimate of drug-likeness (QED) is 0.810. The average molecular weight is 256 g/mol. The van der Waals surface area contributed by atoms with Gasteiger partial charge in [0, 0.05) is 6.54 Å². The van der Waals surface area contributed by atoms with Gasteiger partial charge in [-0.15, -0.1) is 0 Å². The van der Waals surface area contributed by atoms with E-state index in [0.29, 0.717) is 24.6 Å². The highest BCUT2D eigenvalue weighted by Gasteiger charge is 2.27. The molecule has 17 heavy (non-hydrogen) atoms. The summed E-state index contributed by atoms with van der Waals surface area (Å²) in [6, 6.07) is 3.33. The summed E-state index contributed by atoms with van der Waals surface area (Å²) in [4.78, 5) is 4.04. The van der Waals surface area contributed by atoms with E-state index in [1.807, 2.05) is 0 Å². The van der Waals surface area contributed by atoms with Gasteiger partial charge in [-0.1, -0.05) is 0 Å². The van der Waals surface area contributed by atoms with Gasteiger partial charge >= 0.3 is 0 Å². The molecule has 0 saturated carbocycles. The molecule has 6 heteroatoms. The Labute approximate surface area is 101 Å². The number of hydrogen-bond donors (Lipinski definition) is 2. The molecule has 1 aliphatic rings. The first-order valence-electron chi connectivity index (χ1n) is 5.60. The molecule has 1 saturated heterocycles. The smallest absolute Gasteiger partial charge is 0.150 e. The van der Waals surface area contributed by atoms with Crippen molar-refractivity contribution in [2.75, 3.05) is 18.1 Å². The molecule has 1 aromatic rings. The molecule has 1 aliphatic heterocycles. The van der Waals surface area contributed by atoms with Crippen LogP contribution in [0.5, 0.6) is 5.75 Å². The van der Waals surface area contributed by atoms with E-state index in [1.165, 1.54) is 6.20 Å².